The van der Waals surface area contributed by atoms with E-state index < -0.39 is 0 Å². The van der Waals surface area contributed by atoms with E-state index in [0.717, 1.165) is 10.4 Å². The van der Waals surface area contributed by atoms with Crippen molar-refractivity contribution < 1.29 is 5.11 Å². The van der Waals surface area contributed by atoms with Crippen LogP contribution < -0.4 is 5.73 Å². The van der Waals surface area contributed by atoms with Crippen molar-refractivity contribution in [2.24, 2.45) is 5.73 Å². The van der Waals surface area contributed by atoms with Crippen LogP contribution in [0.3, 0.4) is 0 Å². The molecule has 0 saturated heterocycles. The second-order valence-corrected chi connectivity index (χ2v) is 3.26. The summed E-state index contributed by atoms with van der Waals surface area (Å²) in [6, 6.07) is 1.79. The molecule has 0 amide bonds. The molecule has 60 valence electrons. The lowest BCUT2D eigenvalue weighted by Crippen LogP contribution is -2.04. The number of hydrogen-bond donors (Lipinski definition) is 2. The van der Waals surface area contributed by atoms with Crippen molar-refractivity contribution >= 4 is 11.3 Å². The molecule has 0 fully saturated rings. The molecular weight excluding hydrogens is 158 g/mol. The fourth-order valence-corrected chi connectivity index (χ4v) is 1.58. The molecule has 0 radical (unpaired) electrons. The number of thiophene rings is 1. The van der Waals surface area contributed by atoms with Gasteiger partial charge in [-0.15, -0.1) is 17.9 Å². The second kappa shape index (κ2) is 3.67. The van der Waals surface area contributed by atoms with Crippen molar-refractivity contribution in [3.05, 3.63) is 34.5 Å². The van der Waals surface area contributed by atoms with Crippen LogP contribution in [0.2, 0.25) is 0 Å². The second-order valence-electron chi connectivity index (χ2n) is 2.27. The molecule has 0 unspecified atom stereocenters. The minimum Gasteiger partial charge on any atom is -0.391 e. The van der Waals surface area contributed by atoms with E-state index in [1.807, 2.05) is 11.4 Å². The Morgan fingerprint density at radius 2 is 2.55 bits per heavy atom. The van der Waals surface area contributed by atoms with E-state index in [1.165, 1.54) is 11.3 Å². The monoisotopic (exact) mass is 169 g/mol. The lowest BCUT2D eigenvalue weighted by molar-refractivity contribution is 0.285. The van der Waals surface area contributed by atoms with Gasteiger partial charge in [0, 0.05) is 10.9 Å². The topological polar surface area (TPSA) is 46.2 Å². The van der Waals surface area contributed by atoms with Crippen LogP contribution in [0.1, 0.15) is 16.5 Å². The van der Waals surface area contributed by atoms with Crippen LogP contribution in [0, 0.1) is 0 Å². The van der Waals surface area contributed by atoms with Gasteiger partial charge in [-0.25, -0.2) is 0 Å². The van der Waals surface area contributed by atoms with E-state index >= 15 is 0 Å². The number of rotatable bonds is 3. The lowest BCUT2D eigenvalue weighted by Gasteiger charge is -1.99. The quantitative estimate of drug-likeness (QED) is 0.672. The largest absolute Gasteiger partial charge is 0.391 e. The van der Waals surface area contributed by atoms with Gasteiger partial charge in [-0.05, 0) is 17.0 Å². The molecule has 1 heterocycles. The molecule has 0 aliphatic rings. The summed E-state index contributed by atoms with van der Waals surface area (Å²) in [5.74, 6) is 0. The van der Waals surface area contributed by atoms with Gasteiger partial charge in [0.1, 0.15) is 0 Å². The van der Waals surface area contributed by atoms with Gasteiger partial charge in [0.25, 0.3) is 0 Å². The molecule has 1 aromatic rings. The maximum absolute atomic E-state index is 8.75. The Kier molecular flexibility index (Phi) is 2.82. The molecule has 0 aromatic carbocycles. The zero-order valence-electron chi connectivity index (χ0n) is 6.16. The minimum atomic E-state index is -0.105. The Morgan fingerprint density at radius 1 is 1.82 bits per heavy atom. The standard InChI is InChI=1S/C8H11NOS/c1-2-8(9)6-3-7(4-10)11-5-6/h2-3,5,8,10H,1,4,9H2/t8-/m1/s1. The minimum absolute atomic E-state index is 0.0918. The zero-order chi connectivity index (χ0) is 8.27. The predicted molar refractivity (Wildman–Crippen MR) is 47.4 cm³/mol. The van der Waals surface area contributed by atoms with Crippen LogP contribution in [0.4, 0.5) is 0 Å². The molecule has 0 spiro atoms. The summed E-state index contributed by atoms with van der Waals surface area (Å²) < 4.78 is 0. The third-order valence-electron chi connectivity index (χ3n) is 1.47. The summed E-state index contributed by atoms with van der Waals surface area (Å²) in [6.45, 7) is 3.68. The van der Waals surface area contributed by atoms with Crippen LogP contribution in [0.5, 0.6) is 0 Å². The molecule has 2 nitrogen and oxygen atoms in total. The van der Waals surface area contributed by atoms with E-state index in [1.54, 1.807) is 6.08 Å². The average molecular weight is 169 g/mol. The normalized spacial score (nSPS) is 12.9. The average Bonchev–Trinajstić information content (AvgIpc) is 2.50. The molecule has 1 rings (SSSR count). The number of nitrogens with two attached hydrogens (primary N) is 1. The van der Waals surface area contributed by atoms with Gasteiger partial charge >= 0.3 is 0 Å². The highest BCUT2D eigenvalue weighted by Crippen LogP contribution is 2.19. The van der Waals surface area contributed by atoms with Crippen LogP contribution >= 0.6 is 11.3 Å². The molecule has 0 bridgehead atoms. The summed E-state index contributed by atoms with van der Waals surface area (Å²) in [5, 5.41) is 10.7. The Morgan fingerprint density at radius 3 is 3.00 bits per heavy atom. The van der Waals surface area contributed by atoms with Crippen LogP contribution in [-0.4, -0.2) is 5.11 Å². The molecule has 0 aliphatic carbocycles. The van der Waals surface area contributed by atoms with Gasteiger partial charge in [-0.3, -0.25) is 0 Å². The number of hydrogen-bond acceptors (Lipinski definition) is 3. The summed E-state index contributed by atoms with van der Waals surface area (Å²) in [7, 11) is 0. The first kappa shape index (κ1) is 8.46. The summed E-state index contributed by atoms with van der Waals surface area (Å²) in [6.07, 6.45) is 1.68. The van der Waals surface area contributed by atoms with Crippen LogP contribution in [-0.2, 0) is 6.61 Å². The van der Waals surface area contributed by atoms with Crippen molar-refractivity contribution in [1.82, 2.24) is 0 Å². The third-order valence-corrected chi connectivity index (χ3v) is 2.41. The van der Waals surface area contributed by atoms with Gasteiger partial charge in [0.15, 0.2) is 0 Å². The van der Waals surface area contributed by atoms with E-state index in [0.29, 0.717) is 0 Å². The molecule has 0 aliphatic heterocycles. The summed E-state index contributed by atoms with van der Waals surface area (Å²) in [4.78, 5) is 0.942. The highest BCUT2D eigenvalue weighted by atomic mass is 32.1. The molecule has 1 atom stereocenters. The number of aliphatic hydroxyl groups is 1. The molecular formula is C8H11NOS. The fraction of sp³-hybridized carbons (Fsp3) is 0.250. The molecule has 1 aromatic heterocycles. The summed E-state index contributed by atoms with van der Waals surface area (Å²) in [5.41, 5.74) is 6.69. The Bertz CT molecular complexity index is 244. The Labute approximate surface area is 70.0 Å². The van der Waals surface area contributed by atoms with Crippen molar-refractivity contribution in [2.75, 3.05) is 0 Å². The maximum atomic E-state index is 8.75. The molecule has 3 heteroatoms. The van der Waals surface area contributed by atoms with E-state index in [4.69, 9.17) is 10.8 Å². The predicted octanol–water partition coefficient (Wildman–Crippen LogP) is 1.43. The van der Waals surface area contributed by atoms with Gasteiger partial charge in [0.05, 0.1) is 6.61 Å². The first-order valence-electron chi connectivity index (χ1n) is 3.34. The smallest absolute Gasteiger partial charge is 0.0774 e. The molecule has 3 N–H and O–H groups in total. The van der Waals surface area contributed by atoms with E-state index in [9.17, 15) is 0 Å². The third kappa shape index (κ3) is 1.89. The zero-order valence-corrected chi connectivity index (χ0v) is 6.97. The van der Waals surface area contributed by atoms with Gasteiger partial charge in [0.2, 0.25) is 0 Å². The van der Waals surface area contributed by atoms with Crippen molar-refractivity contribution in [2.45, 2.75) is 12.6 Å². The first-order valence-corrected chi connectivity index (χ1v) is 4.22. The summed E-state index contributed by atoms with van der Waals surface area (Å²) >= 11 is 1.52. The van der Waals surface area contributed by atoms with Crippen LogP contribution in [0.15, 0.2) is 24.1 Å². The van der Waals surface area contributed by atoms with Crippen LogP contribution in [0.25, 0.3) is 0 Å². The molecule has 11 heavy (non-hydrogen) atoms. The van der Waals surface area contributed by atoms with Gasteiger partial charge in [-0.1, -0.05) is 6.08 Å². The van der Waals surface area contributed by atoms with Gasteiger partial charge in [-0.2, -0.15) is 0 Å². The lowest BCUT2D eigenvalue weighted by atomic mass is 10.1. The van der Waals surface area contributed by atoms with Gasteiger partial charge < -0.3 is 10.8 Å². The van der Waals surface area contributed by atoms with Crippen molar-refractivity contribution in [3.63, 3.8) is 0 Å². The number of aliphatic hydroxyl groups excluding tert-OH is 1. The molecule has 0 saturated carbocycles. The van der Waals surface area contributed by atoms with E-state index in [-0.39, 0.29) is 12.6 Å². The SMILES string of the molecule is C=C[C@@H](N)c1csc(CO)c1. The Hall–Kier alpha value is -0.640. The highest BCUT2D eigenvalue weighted by molar-refractivity contribution is 7.10. The Balaban J connectivity index is 2.79. The van der Waals surface area contributed by atoms with E-state index in [2.05, 4.69) is 6.58 Å². The highest BCUT2D eigenvalue weighted by Gasteiger charge is 2.03. The maximum Gasteiger partial charge on any atom is 0.0774 e. The van der Waals surface area contributed by atoms with Crippen molar-refractivity contribution in [3.8, 4) is 0 Å². The fourth-order valence-electron chi connectivity index (χ4n) is 0.791. The van der Waals surface area contributed by atoms with Crippen molar-refractivity contribution in [1.29, 1.82) is 0 Å². The first-order chi connectivity index (χ1) is 5.27.